The highest BCUT2D eigenvalue weighted by Crippen LogP contribution is 2.35. The molecule has 4 nitrogen and oxygen atoms in total. The number of thiocarbonyl (C=S) groups is 1. The lowest BCUT2D eigenvalue weighted by atomic mass is 9.82. The summed E-state index contributed by atoms with van der Waals surface area (Å²) in [6.45, 7) is 12.2. The Kier molecular flexibility index (Phi) is 6.30. The second-order valence-electron chi connectivity index (χ2n) is 7.77. The monoisotopic (exact) mass is 358 g/mol. The van der Waals surface area contributed by atoms with Crippen molar-refractivity contribution >= 4 is 34.6 Å². The minimum atomic E-state index is -0.826. The third-order valence-electron chi connectivity index (χ3n) is 3.23. The Morgan fingerprint density at radius 3 is 2.30 bits per heavy atom. The Morgan fingerprint density at radius 2 is 1.83 bits per heavy atom. The molecule has 1 aromatic carbocycles. The highest BCUT2D eigenvalue weighted by molar-refractivity contribution is 7.80. The Bertz CT molecular complexity index is 581. The zero-order valence-corrected chi connectivity index (χ0v) is 16.2. The zero-order chi connectivity index (χ0) is 18.0. The maximum absolute atomic E-state index is 10.2. The van der Waals surface area contributed by atoms with E-state index in [2.05, 4.69) is 45.3 Å². The molecule has 6 heteroatoms. The molecule has 0 aromatic heterocycles. The van der Waals surface area contributed by atoms with Gasteiger partial charge >= 0.3 is 0 Å². The van der Waals surface area contributed by atoms with Crippen LogP contribution in [0, 0.1) is 5.41 Å². The first-order chi connectivity index (χ1) is 10.3. The van der Waals surface area contributed by atoms with Gasteiger partial charge in [0.05, 0.1) is 11.8 Å². The molecule has 4 N–H and O–H groups in total. The highest BCUT2D eigenvalue weighted by Gasteiger charge is 2.26. The SMILES string of the molecule is CC(O)c1cc(Cl)cc(NC(=S)NC(C)(C)CC(C)(C)C)c1O. The summed E-state index contributed by atoms with van der Waals surface area (Å²) in [5.74, 6) is -0.0535. The predicted molar refractivity (Wildman–Crippen MR) is 101 cm³/mol. The summed E-state index contributed by atoms with van der Waals surface area (Å²) in [5, 5.41) is 27.0. The summed E-state index contributed by atoms with van der Waals surface area (Å²) < 4.78 is 0. The fraction of sp³-hybridized carbons (Fsp3) is 0.588. The number of anilines is 1. The second kappa shape index (κ2) is 7.24. The van der Waals surface area contributed by atoms with Crippen molar-refractivity contribution in [1.29, 1.82) is 0 Å². The average molecular weight is 359 g/mol. The van der Waals surface area contributed by atoms with Crippen LogP contribution in [0.2, 0.25) is 5.02 Å². The summed E-state index contributed by atoms with van der Waals surface area (Å²) in [5.41, 5.74) is 0.683. The molecule has 0 spiro atoms. The van der Waals surface area contributed by atoms with Gasteiger partial charge in [-0.15, -0.1) is 0 Å². The summed E-state index contributed by atoms with van der Waals surface area (Å²) in [6.07, 6.45) is 0.0931. The van der Waals surface area contributed by atoms with Crippen LogP contribution in [-0.4, -0.2) is 20.9 Å². The van der Waals surface area contributed by atoms with Crippen molar-refractivity contribution in [3.8, 4) is 5.75 Å². The molecule has 0 amide bonds. The van der Waals surface area contributed by atoms with Gasteiger partial charge in [0.2, 0.25) is 0 Å². The van der Waals surface area contributed by atoms with Crippen LogP contribution in [0.25, 0.3) is 0 Å². The Labute approximate surface area is 149 Å². The second-order valence-corrected chi connectivity index (χ2v) is 8.61. The molecule has 1 atom stereocenters. The predicted octanol–water partition coefficient (Wildman–Crippen LogP) is 4.60. The minimum absolute atomic E-state index is 0.0535. The van der Waals surface area contributed by atoms with Crippen molar-refractivity contribution in [3.63, 3.8) is 0 Å². The summed E-state index contributed by atoms with van der Waals surface area (Å²) in [7, 11) is 0. The minimum Gasteiger partial charge on any atom is -0.505 e. The van der Waals surface area contributed by atoms with Gasteiger partial charge in [-0.3, -0.25) is 0 Å². The number of benzene rings is 1. The maximum atomic E-state index is 10.2. The molecule has 0 radical (unpaired) electrons. The number of phenols is 1. The molecule has 1 aromatic rings. The molecule has 0 saturated heterocycles. The van der Waals surface area contributed by atoms with Crippen molar-refractivity contribution < 1.29 is 10.2 Å². The summed E-state index contributed by atoms with van der Waals surface area (Å²) >= 11 is 11.4. The molecular formula is C17H27ClN2O2S. The van der Waals surface area contributed by atoms with E-state index in [1.54, 1.807) is 13.0 Å². The highest BCUT2D eigenvalue weighted by atomic mass is 35.5. The van der Waals surface area contributed by atoms with E-state index < -0.39 is 6.10 Å². The van der Waals surface area contributed by atoms with Crippen molar-refractivity contribution in [3.05, 3.63) is 22.7 Å². The molecule has 130 valence electrons. The lowest BCUT2D eigenvalue weighted by Crippen LogP contribution is -2.47. The Hall–Kier alpha value is -1.04. The van der Waals surface area contributed by atoms with E-state index in [-0.39, 0.29) is 16.7 Å². The first-order valence-corrected chi connectivity index (χ1v) is 8.39. The third-order valence-corrected chi connectivity index (χ3v) is 3.65. The molecule has 1 unspecified atom stereocenters. The molecule has 0 aliphatic carbocycles. The van der Waals surface area contributed by atoms with Gasteiger partial charge in [0.15, 0.2) is 5.11 Å². The van der Waals surface area contributed by atoms with Crippen LogP contribution < -0.4 is 10.6 Å². The number of aliphatic hydroxyl groups is 1. The standard InChI is InChI=1S/C17H27ClN2O2S/c1-10(21)12-7-11(18)8-13(14(12)22)19-15(23)20-17(5,6)9-16(2,3)4/h7-8,10,21-22H,9H2,1-6H3,(H2,19,20,23). The Morgan fingerprint density at radius 1 is 1.26 bits per heavy atom. The maximum Gasteiger partial charge on any atom is 0.171 e. The number of hydrogen-bond donors (Lipinski definition) is 4. The zero-order valence-electron chi connectivity index (χ0n) is 14.6. The fourth-order valence-electron chi connectivity index (χ4n) is 2.86. The number of aromatic hydroxyl groups is 1. The van der Waals surface area contributed by atoms with Crippen molar-refractivity contribution in [2.75, 3.05) is 5.32 Å². The topological polar surface area (TPSA) is 64.5 Å². The largest absolute Gasteiger partial charge is 0.505 e. The van der Waals surface area contributed by atoms with Gasteiger partial charge in [0, 0.05) is 16.1 Å². The van der Waals surface area contributed by atoms with Gasteiger partial charge in [-0.1, -0.05) is 32.4 Å². The van der Waals surface area contributed by atoms with Crippen molar-refractivity contribution in [2.45, 2.75) is 59.6 Å². The number of aliphatic hydroxyl groups excluding tert-OH is 1. The first kappa shape index (κ1) is 20.0. The Balaban J connectivity index is 2.90. The smallest absolute Gasteiger partial charge is 0.171 e. The molecule has 0 aliphatic heterocycles. The quantitative estimate of drug-likeness (QED) is 0.468. The van der Waals surface area contributed by atoms with Crippen LogP contribution in [0.5, 0.6) is 5.75 Å². The van der Waals surface area contributed by atoms with E-state index in [0.29, 0.717) is 21.4 Å². The van der Waals surface area contributed by atoms with Gasteiger partial charge < -0.3 is 20.8 Å². The lowest BCUT2D eigenvalue weighted by Gasteiger charge is -2.34. The van der Waals surface area contributed by atoms with E-state index in [1.165, 1.54) is 6.07 Å². The molecule has 23 heavy (non-hydrogen) atoms. The average Bonchev–Trinajstić information content (AvgIpc) is 2.28. The first-order valence-electron chi connectivity index (χ1n) is 7.60. The van der Waals surface area contributed by atoms with Gasteiger partial charge in [-0.25, -0.2) is 0 Å². The lowest BCUT2D eigenvalue weighted by molar-refractivity contribution is 0.195. The van der Waals surface area contributed by atoms with Crippen LogP contribution >= 0.6 is 23.8 Å². The molecular weight excluding hydrogens is 332 g/mol. The number of phenolic OH excluding ortho intramolecular Hbond substituents is 1. The molecule has 0 bridgehead atoms. The number of hydrogen-bond acceptors (Lipinski definition) is 3. The van der Waals surface area contributed by atoms with Crippen molar-refractivity contribution in [2.24, 2.45) is 5.41 Å². The van der Waals surface area contributed by atoms with Gasteiger partial charge in [0.1, 0.15) is 5.75 Å². The van der Waals surface area contributed by atoms with E-state index in [1.807, 2.05) is 0 Å². The number of rotatable bonds is 4. The summed E-state index contributed by atoms with van der Waals surface area (Å²) in [6, 6.07) is 3.11. The van der Waals surface area contributed by atoms with Crippen molar-refractivity contribution in [1.82, 2.24) is 5.32 Å². The molecule has 0 aliphatic rings. The summed E-state index contributed by atoms with van der Waals surface area (Å²) in [4.78, 5) is 0. The van der Waals surface area contributed by atoms with Crippen LogP contribution in [0.15, 0.2) is 12.1 Å². The normalized spacial score (nSPS) is 13.6. The molecule has 1 rings (SSSR count). The molecule has 0 heterocycles. The van der Waals surface area contributed by atoms with Crippen LogP contribution in [0.1, 0.15) is 59.6 Å². The van der Waals surface area contributed by atoms with E-state index >= 15 is 0 Å². The number of halogens is 1. The van der Waals surface area contributed by atoms with E-state index in [4.69, 9.17) is 23.8 Å². The molecule has 0 saturated carbocycles. The fourth-order valence-corrected chi connectivity index (χ4v) is 3.48. The van der Waals surface area contributed by atoms with Gasteiger partial charge in [0.25, 0.3) is 0 Å². The van der Waals surface area contributed by atoms with Crippen LogP contribution in [0.3, 0.4) is 0 Å². The molecule has 0 fully saturated rings. The van der Waals surface area contributed by atoms with E-state index in [0.717, 1.165) is 6.42 Å². The van der Waals surface area contributed by atoms with E-state index in [9.17, 15) is 10.2 Å². The number of nitrogens with one attached hydrogen (secondary N) is 2. The van der Waals surface area contributed by atoms with Crippen LogP contribution in [0.4, 0.5) is 5.69 Å². The van der Waals surface area contributed by atoms with Gasteiger partial charge in [-0.05, 0) is 57.0 Å². The van der Waals surface area contributed by atoms with Crippen LogP contribution in [-0.2, 0) is 0 Å². The van der Waals surface area contributed by atoms with Gasteiger partial charge in [-0.2, -0.15) is 0 Å². The third kappa shape index (κ3) is 6.53.